The third-order valence-corrected chi connectivity index (χ3v) is 4.37. The number of ether oxygens (including phenoxy) is 2. The number of fused-ring (bicyclic) bond motifs is 1. The first-order chi connectivity index (χ1) is 14.4. The highest BCUT2D eigenvalue weighted by Crippen LogP contribution is 2.28. The van der Waals surface area contributed by atoms with Crippen molar-refractivity contribution in [1.82, 2.24) is 5.43 Å². The van der Waals surface area contributed by atoms with Crippen molar-refractivity contribution in [2.24, 2.45) is 5.10 Å². The number of methoxy groups -OCH3 is 1. The summed E-state index contributed by atoms with van der Waals surface area (Å²) in [6.45, 7) is 1.20. The summed E-state index contributed by atoms with van der Waals surface area (Å²) < 4.78 is 10.4. The van der Waals surface area contributed by atoms with Crippen LogP contribution < -0.4 is 14.9 Å². The van der Waals surface area contributed by atoms with E-state index in [0.717, 1.165) is 10.8 Å². The predicted molar refractivity (Wildman–Crippen MR) is 111 cm³/mol. The van der Waals surface area contributed by atoms with Crippen molar-refractivity contribution in [3.8, 4) is 17.2 Å². The van der Waals surface area contributed by atoms with E-state index >= 15 is 0 Å². The second kappa shape index (κ2) is 8.95. The van der Waals surface area contributed by atoms with Crippen molar-refractivity contribution in [3.05, 3.63) is 65.7 Å². The van der Waals surface area contributed by atoms with Crippen LogP contribution in [0.5, 0.6) is 17.2 Å². The molecule has 1 amide bonds. The number of phenols is 1. The summed E-state index contributed by atoms with van der Waals surface area (Å²) in [6, 6.07) is 15.4. The maximum Gasteiger partial charge on any atom is 0.341 e. The molecule has 0 aliphatic carbocycles. The van der Waals surface area contributed by atoms with Crippen LogP contribution in [-0.4, -0.2) is 41.5 Å². The Kier molecular flexibility index (Phi) is 6.17. The minimum absolute atomic E-state index is 0.111. The van der Waals surface area contributed by atoms with E-state index in [9.17, 15) is 14.7 Å². The molecule has 0 aliphatic heterocycles. The van der Waals surface area contributed by atoms with Crippen molar-refractivity contribution in [2.75, 3.05) is 13.7 Å². The molecule has 8 heteroatoms. The van der Waals surface area contributed by atoms with E-state index in [1.807, 2.05) is 24.3 Å². The predicted octanol–water partition coefficient (Wildman–Crippen LogP) is 3.17. The Labute approximate surface area is 172 Å². The van der Waals surface area contributed by atoms with Gasteiger partial charge in [-0.2, -0.15) is 5.10 Å². The summed E-state index contributed by atoms with van der Waals surface area (Å²) in [4.78, 5) is 23.2. The van der Waals surface area contributed by atoms with E-state index in [1.54, 1.807) is 31.2 Å². The number of hydrogen-bond donors (Lipinski definition) is 3. The molecule has 154 valence electrons. The first kappa shape index (κ1) is 20.7. The molecule has 0 unspecified atom stereocenters. The number of carboxylic acid groups (broad SMARTS) is 1. The lowest BCUT2D eigenvalue weighted by Gasteiger charge is -2.11. The number of benzene rings is 3. The van der Waals surface area contributed by atoms with Gasteiger partial charge in [-0.3, -0.25) is 4.79 Å². The molecule has 0 bridgehead atoms. The molecule has 0 fully saturated rings. The summed E-state index contributed by atoms with van der Waals surface area (Å²) in [5.74, 6) is -1.17. The molecule has 3 N–H and O–H groups in total. The maximum atomic E-state index is 12.5. The monoisotopic (exact) mass is 408 g/mol. The number of aliphatic carboxylic acids is 1. The second-order valence-electron chi connectivity index (χ2n) is 6.40. The quantitative estimate of drug-likeness (QED) is 0.408. The number of hydrazone groups is 1. The fraction of sp³-hybridized carbons (Fsp3) is 0.136. The Morgan fingerprint density at radius 2 is 1.73 bits per heavy atom. The zero-order chi connectivity index (χ0) is 21.7. The van der Waals surface area contributed by atoms with Gasteiger partial charge in [0.05, 0.1) is 18.4 Å². The van der Waals surface area contributed by atoms with Crippen molar-refractivity contribution in [2.45, 2.75) is 6.92 Å². The Hall–Kier alpha value is -4.07. The number of carbonyl (C=O) groups excluding carboxylic acids is 1. The molecule has 3 aromatic rings. The van der Waals surface area contributed by atoms with Gasteiger partial charge in [0.2, 0.25) is 0 Å². The van der Waals surface area contributed by atoms with Gasteiger partial charge >= 0.3 is 5.97 Å². The SMILES string of the molecule is COc1cc(/C(C)=N\NC(=O)c2cc3ccccc3cc2O)ccc1OCC(=O)O. The number of aromatic hydroxyl groups is 1. The number of rotatable bonds is 7. The smallest absolute Gasteiger partial charge is 0.341 e. The van der Waals surface area contributed by atoms with Crippen LogP contribution in [0.4, 0.5) is 0 Å². The third-order valence-electron chi connectivity index (χ3n) is 4.37. The van der Waals surface area contributed by atoms with Crippen LogP contribution in [0.15, 0.2) is 59.7 Å². The van der Waals surface area contributed by atoms with Crippen molar-refractivity contribution in [1.29, 1.82) is 0 Å². The van der Waals surface area contributed by atoms with Gasteiger partial charge in [0, 0.05) is 5.56 Å². The summed E-state index contributed by atoms with van der Waals surface area (Å²) >= 11 is 0. The molecular weight excluding hydrogens is 388 g/mol. The van der Waals surface area contributed by atoms with Gasteiger partial charge < -0.3 is 19.7 Å². The number of nitrogens with zero attached hydrogens (tertiary/aromatic N) is 1. The summed E-state index contributed by atoms with van der Waals surface area (Å²) in [6.07, 6.45) is 0. The fourth-order valence-electron chi connectivity index (χ4n) is 2.82. The highest BCUT2D eigenvalue weighted by Gasteiger charge is 2.13. The van der Waals surface area contributed by atoms with E-state index < -0.39 is 18.5 Å². The van der Waals surface area contributed by atoms with Gasteiger partial charge in [0.1, 0.15) is 5.75 Å². The standard InChI is InChI=1S/C22H20N2O6/c1-13(14-7-8-19(20(11-14)29-2)30-12-21(26)27)23-24-22(28)17-9-15-5-3-4-6-16(15)10-18(17)25/h3-11,25H,12H2,1-2H3,(H,24,28)(H,26,27)/b23-13-. The molecule has 8 nitrogen and oxygen atoms in total. The number of hydrogen-bond acceptors (Lipinski definition) is 6. The lowest BCUT2D eigenvalue weighted by molar-refractivity contribution is -0.139. The van der Waals surface area contributed by atoms with E-state index in [4.69, 9.17) is 14.6 Å². The van der Waals surface area contributed by atoms with Crippen molar-refractivity contribution in [3.63, 3.8) is 0 Å². The zero-order valence-corrected chi connectivity index (χ0v) is 16.4. The largest absolute Gasteiger partial charge is 0.507 e. The molecule has 30 heavy (non-hydrogen) atoms. The molecular formula is C22H20N2O6. The van der Waals surface area contributed by atoms with Crippen LogP contribution >= 0.6 is 0 Å². The number of carboxylic acids is 1. The summed E-state index contributed by atoms with van der Waals surface area (Å²) in [5.41, 5.74) is 3.66. The lowest BCUT2D eigenvalue weighted by atomic mass is 10.1. The highest BCUT2D eigenvalue weighted by atomic mass is 16.5. The van der Waals surface area contributed by atoms with Gasteiger partial charge in [-0.25, -0.2) is 10.2 Å². The first-order valence-corrected chi connectivity index (χ1v) is 8.98. The van der Waals surface area contributed by atoms with Crippen LogP contribution in [0.3, 0.4) is 0 Å². The molecule has 0 saturated carbocycles. The van der Waals surface area contributed by atoms with E-state index in [0.29, 0.717) is 17.0 Å². The second-order valence-corrected chi connectivity index (χ2v) is 6.40. The van der Waals surface area contributed by atoms with Crippen molar-refractivity contribution < 1.29 is 29.3 Å². The molecule has 0 radical (unpaired) electrons. The van der Waals surface area contributed by atoms with Crippen molar-refractivity contribution >= 4 is 28.4 Å². The number of carbonyl (C=O) groups is 2. The Morgan fingerprint density at radius 3 is 2.40 bits per heavy atom. The van der Waals surface area contributed by atoms with Gasteiger partial charge in [-0.1, -0.05) is 24.3 Å². The fourth-order valence-corrected chi connectivity index (χ4v) is 2.82. The number of nitrogens with one attached hydrogen (secondary N) is 1. The molecule has 0 spiro atoms. The molecule has 0 aliphatic rings. The topological polar surface area (TPSA) is 117 Å². The lowest BCUT2D eigenvalue weighted by Crippen LogP contribution is -2.19. The van der Waals surface area contributed by atoms with E-state index in [2.05, 4.69) is 10.5 Å². The molecule has 0 saturated heterocycles. The highest BCUT2D eigenvalue weighted by molar-refractivity contribution is 6.03. The average molecular weight is 408 g/mol. The van der Waals surface area contributed by atoms with E-state index in [-0.39, 0.29) is 17.1 Å². The van der Waals surface area contributed by atoms with Crippen LogP contribution in [0.2, 0.25) is 0 Å². The molecule has 0 heterocycles. The normalized spacial score (nSPS) is 11.2. The van der Waals surface area contributed by atoms with E-state index in [1.165, 1.54) is 13.2 Å². The third kappa shape index (κ3) is 4.67. The van der Waals surface area contributed by atoms with Crippen LogP contribution in [-0.2, 0) is 4.79 Å². The average Bonchev–Trinajstić information content (AvgIpc) is 2.75. The summed E-state index contributed by atoms with van der Waals surface area (Å²) in [5, 5.41) is 24.6. The van der Waals surface area contributed by atoms with Gasteiger partial charge in [-0.15, -0.1) is 0 Å². The number of phenolic OH excluding ortho intramolecular Hbond substituents is 1. The van der Waals surface area contributed by atoms with Crippen LogP contribution in [0.1, 0.15) is 22.8 Å². The first-order valence-electron chi connectivity index (χ1n) is 8.98. The summed E-state index contributed by atoms with van der Waals surface area (Å²) in [7, 11) is 1.43. The Balaban J connectivity index is 1.78. The molecule has 3 rings (SSSR count). The molecule has 0 atom stereocenters. The molecule has 3 aromatic carbocycles. The minimum atomic E-state index is -1.10. The minimum Gasteiger partial charge on any atom is -0.507 e. The zero-order valence-electron chi connectivity index (χ0n) is 16.4. The van der Waals surface area contributed by atoms with Gasteiger partial charge in [0.15, 0.2) is 18.1 Å². The Bertz CT molecular complexity index is 1140. The van der Waals surface area contributed by atoms with Gasteiger partial charge in [0.25, 0.3) is 5.91 Å². The van der Waals surface area contributed by atoms with Gasteiger partial charge in [-0.05, 0) is 48.0 Å². The van der Waals surface area contributed by atoms with Crippen LogP contribution in [0.25, 0.3) is 10.8 Å². The maximum absolute atomic E-state index is 12.5. The number of amides is 1. The molecule has 0 aromatic heterocycles. The Morgan fingerprint density at radius 1 is 1.03 bits per heavy atom. The van der Waals surface area contributed by atoms with Crippen LogP contribution in [0, 0.1) is 0 Å².